The van der Waals surface area contributed by atoms with Gasteiger partial charge in [0.05, 0.1) is 26.2 Å². The van der Waals surface area contributed by atoms with Gasteiger partial charge in [0.1, 0.15) is 0 Å². The van der Waals surface area contributed by atoms with Crippen LogP contribution in [-0.4, -0.2) is 30.7 Å². The minimum atomic E-state index is 1.36. The van der Waals surface area contributed by atoms with Crippen LogP contribution in [0.15, 0.2) is 0 Å². The maximum Gasteiger partial charge on any atom is 0.0786 e. The molecule has 146 valence electrons. The third-order valence-electron chi connectivity index (χ3n) is 5.69. The molecule has 0 unspecified atom stereocenters. The monoisotopic (exact) mass is 340 g/mol. The molecular weight excluding hydrogens is 290 g/mol. The molecule has 0 aliphatic heterocycles. The normalized spacial score (nSPS) is 12.0. The summed E-state index contributed by atoms with van der Waals surface area (Å²) >= 11 is 0. The Hall–Kier alpha value is -0.0400. The lowest BCUT2D eigenvalue weighted by Crippen LogP contribution is -2.50. The molecule has 0 aromatic heterocycles. The van der Waals surface area contributed by atoms with E-state index in [2.05, 4.69) is 27.7 Å². The third-order valence-corrected chi connectivity index (χ3v) is 5.69. The lowest BCUT2D eigenvalue weighted by atomic mass is 10.1. The molecule has 0 aliphatic rings. The zero-order valence-electron chi connectivity index (χ0n) is 17.9. The summed E-state index contributed by atoms with van der Waals surface area (Å²) in [5.41, 5.74) is 0. The highest BCUT2D eigenvalue weighted by molar-refractivity contribution is 4.53. The Bertz CT molecular complexity index is 205. The number of unbranched alkanes of at least 4 members (excludes halogenated alkanes) is 11. The van der Waals surface area contributed by atoms with Gasteiger partial charge in [0.2, 0.25) is 0 Å². The van der Waals surface area contributed by atoms with Gasteiger partial charge < -0.3 is 4.48 Å². The second-order valence-electron chi connectivity index (χ2n) is 8.13. The number of hydrogen-bond donors (Lipinski definition) is 0. The highest BCUT2D eigenvalue weighted by Crippen LogP contribution is 2.19. The quantitative estimate of drug-likeness (QED) is 0.167. The van der Waals surface area contributed by atoms with Gasteiger partial charge in [-0.25, -0.2) is 0 Å². The summed E-state index contributed by atoms with van der Waals surface area (Å²) in [5, 5.41) is 0. The smallest absolute Gasteiger partial charge is 0.0786 e. The highest BCUT2D eigenvalue weighted by Gasteiger charge is 2.25. The summed E-state index contributed by atoms with van der Waals surface area (Å²) < 4.78 is 1.46. The molecule has 0 N–H and O–H groups in total. The van der Waals surface area contributed by atoms with Crippen LogP contribution in [0.5, 0.6) is 0 Å². The molecule has 1 heteroatoms. The van der Waals surface area contributed by atoms with Crippen LogP contribution < -0.4 is 0 Å². The van der Waals surface area contributed by atoms with E-state index in [0.717, 1.165) is 0 Å². The topological polar surface area (TPSA) is 0 Å². The maximum atomic E-state index is 2.35. The predicted octanol–water partition coefficient (Wildman–Crippen LogP) is 7.73. The molecule has 0 amide bonds. The van der Waals surface area contributed by atoms with Crippen LogP contribution in [0.25, 0.3) is 0 Å². The first-order valence-electron chi connectivity index (χ1n) is 11.6. The molecule has 0 radical (unpaired) electrons. The van der Waals surface area contributed by atoms with Crippen molar-refractivity contribution >= 4 is 0 Å². The molecule has 0 bridgehead atoms. The lowest BCUT2D eigenvalue weighted by molar-refractivity contribution is -0.929. The highest BCUT2D eigenvalue weighted by atomic mass is 15.3. The number of rotatable bonds is 19. The summed E-state index contributed by atoms with van der Waals surface area (Å²) in [4.78, 5) is 0. The molecule has 0 atom stereocenters. The van der Waals surface area contributed by atoms with Gasteiger partial charge in [-0.05, 0) is 51.4 Å². The van der Waals surface area contributed by atoms with E-state index in [4.69, 9.17) is 0 Å². The molecule has 0 fully saturated rings. The Kier molecular flexibility index (Phi) is 17.7. The van der Waals surface area contributed by atoms with Crippen LogP contribution in [0.2, 0.25) is 0 Å². The SMILES string of the molecule is CCCCCC[N+](CCCCC)(CCCCCC)CCCCCC. The van der Waals surface area contributed by atoms with Crippen molar-refractivity contribution in [2.45, 2.75) is 124 Å². The molecule has 0 aromatic carbocycles. The molecule has 0 heterocycles. The van der Waals surface area contributed by atoms with Gasteiger partial charge in [-0.15, -0.1) is 0 Å². The van der Waals surface area contributed by atoms with E-state index < -0.39 is 0 Å². The van der Waals surface area contributed by atoms with Gasteiger partial charge in [0.25, 0.3) is 0 Å². The van der Waals surface area contributed by atoms with Crippen molar-refractivity contribution in [1.82, 2.24) is 0 Å². The second-order valence-corrected chi connectivity index (χ2v) is 8.13. The van der Waals surface area contributed by atoms with Crippen LogP contribution in [0.1, 0.15) is 124 Å². The van der Waals surface area contributed by atoms with E-state index in [1.807, 2.05) is 0 Å². The second kappa shape index (κ2) is 17.8. The molecule has 1 nitrogen and oxygen atoms in total. The fraction of sp³-hybridized carbons (Fsp3) is 1.00. The molecule has 0 aliphatic carbocycles. The van der Waals surface area contributed by atoms with Crippen LogP contribution in [-0.2, 0) is 0 Å². The fourth-order valence-corrected chi connectivity index (χ4v) is 3.99. The molecule has 0 saturated heterocycles. The third kappa shape index (κ3) is 13.3. The Morgan fingerprint density at radius 1 is 0.333 bits per heavy atom. The van der Waals surface area contributed by atoms with Gasteiger partial charge in [-0.1, -0.05) is 72.6 Å². The van der Waals surface area contributed by atoms with E-state index in [9.17, 15) is 0 Å². The molecule has 24 heavy (non-hydrogen) atoms. The average Bonchev–Trinajstić information content (AvgIpc) is 2.60. The van der Waals surface area contributed by atoms with Gasteiger partial charge >= 0.3 is 0 Å². The van der Waals surface area contributed by atoms with Crippen molar-refractivity contribution in [3.63, 3.8) is 0 Å². The van der Waals surface area contributed by atoms with Crippen LogP contribution in [0.4, 0.5) is 0 Å². The maximum absolute atomic E-state index is 2.35. The molecular formula is C23H50N+. The van der Waals surface area contributed by atoms with E-state index >= 15 is 0 Å². The Morgan fingerprint density at radius 3 is 0.875 bits per heavy atom. The standard InChI is InChI=1S/C23H50N/c1-5-9-13-17-21-24(20-16-12-8-4,22-18-14-10-6-2)23-19-15-11-7-3/h5-23H2,1-4H3/q+1. The minimum absolute atomic E-state index is 1.36. The van der Waals surface area contributed by atoms with Gasteiger partial charge in [-0.2, -0.15) is 0 Å². The summed E-state index contributed by atoms with van der Waals surface area (Å²) in [7, 11) is 0. The minimum Gasteiger partial charge on any atom is -0.324 e. The number of quaternary nitrogens is 1. The molecule has 0 spiro atoms. The average molecular weight is 341 g/mol. The fourth-order valence-electron chi connectivity index (χ4n) is 3.99. The summed E-state index contributed by atoms with van der Waals surface area (Å²) in [6, 6.07) is 0. The zero-order valence-corrected chi connectivity index (χ0v) is 17.9. The van der Waals surface area contributed by atoms with E-state index in [-0.39, 0.29) is 0 Å². The van der Waals surface area contributed by atoms with Gasteiger partial charge in [0, 0.05) is 0 Å². The number of hydrogen-bond acceptors (Lipinski definition) is 0. The Morgan fingerprint density at radius 2 is 0.583 bits per heavy atom. The van der Waals surface area contributed by atoms with Crippen LogP contribution in [0.3, 0.4) is 0 Å². The van der Waals surface area contributed by atoms with E-state index in [1.165, 1.54) is 127 Å². The van der Waals surface area contributed by atoms with Gasteiger partial charge in [-0.3, -0.25) is 0 Å². The van der Waals surface area contributed by atoms with E-state index in [0.29, 0.717) is 0 Å². The van der Waals surface area contributed by atoms with Crippen molar-refractivity contribution in [3.05, 3.63) is 0 Å². The summed E-state index contributed by atoms with van der Waals surface area (Å²) in [5.74, 6) is 0. The van der Waals surface area contributed by atoms with Crippen LogP contribution >= 0.6 is 0 Å². The van der Waals surface area contributed by atoms with Crippen molar-refractivity contribution in [1.29, 1.82) is 0 Å². The summed E-state index contributed by atoms with van der Waals surface area (Å²) in [6.45, 7) is 15.2. The summed E-state index contributed by atoms with van der Waals surface area (Å²) in [6.07, 6.45) is 21.4. The largest absolute Gasteiger partial charge is 0.324 e. The Balaban J connectivity index is 4.58. The van der Waals surface area contributed by atoms with Crippen LogP contribution in [0, 0.1) is 0 Å². The Labute approximate surface area is 155 Å². The zero-order chi connectivity index (χ0) is 17.9. The van der Waals surface area contributed by atoms with Crippen molar-refractivity contribution in [3.8, 4) is 0 Å². The first-order valence-corrected chi connectivity index (χ1v) is 11.6. The van der Waals surface area contributed by atoms with E-state index in [1.54, 1.807) is 0 Å². The first kappa shape index (κ1) is 24.0. The lowest BCUT2D eigenvalue weighted by Gasteiger charge is -2.39. The van der Waals surface area contributed by atoms with Crippen molar-refractivity contribution < 1.29 is 4.48 Å². The molecule has 0 rings (SSSR count). The van der Waals surface area contributed by atoms with Gasteiger partial charge in [0.15, 0.2) is 0 Å². The number of nitrogens with zero attached hydrogens (tertiary/aromatic N) is 1. The predicted molar refractivity (Wildman–Crippen MR) is 112 cm³/mol. The van der Waals surface area contributed by atoms with Crippen molar-refractivity contribution in [2.75, 3.05) is 26.2 Å². The van der Waals surface area contributed by atoms with Crippen molar-refractivity contribution in [2.24, 2.45) is 0 Å². The first-order chi connectivity index (χ1) is 11.7. The molecule has 0 saturated carbocycles. The molecule has 0 aromatic rings.